The van der Waals surface area contributed by atoms with Crippen molar-refractivity contribution in [3.63, 3.8) is 0 Å². The van der Waals surface area contributed by atoms with Gasteiger partial charge in [-0.2, -0.15) is 0 Å². The molecule has 0 spiro atoms. The smallest absolute Gasteiger partial charge is 0.407 e. The molecule has 11 heteroatoms. The van der Waals surface area contributed by atoms with Gasteiger partial charge in [0, 0.05) is 50.9 Å². The Morgan fingerprint density at radius 2 is 1.78 bits per heavy atom. The molecule has 0 bridgehead atoms. The first-order valence-corrected chi connectivity index (χ1v) is 12.3. The molecule has 2 heterocycles. The van der Waals surface area contributed by atoms with E-state index in [1.165, 1.54) is 0 Å². The molecule has 1 aromatic rings. The molecule has 1 aliphatic heterocycles. The van der Waals surface area contributed by atoms with E-state index in [0.29, 0.717) is 39.1 Å². The van der Waals surface area contributed by atoms with Crippen LogP contribution in [0.15, 0.2) is 24.5 Å². The quantitative estimate of drug-likeness (QED) is 0.407. The highest BCUT2D eigenvalue weighted by molar-refractivity contribution is 5.90. The van der Waals surface area contributed by atoms with Crippen molar-refractivity contribution in [1.29, 1.82) is 0 Å². The molecule has 2 atom stereocenters. The second-order valence-electron chi connectivity index (χ2n) is 10.3. The third kappa shape index (κ3) is 7.64. The summed E-state index contributed by atoms with van der Waals surface area (Å²) < 4.78 is 10.7. The van der Waals surface area contributed by atoms with E-state index in [-0.39, 0.29) is 42.1 Å². The van der Waals surface area contributed by atoms with Crippen molar-refractivity contribution in [2.45, 2.75) is 57.7 Å². The highest BCUT2D eigenvalue weighted by Crippen LogP contribution is 2.36. The molecule has 198 valence electrons. The molecule has 36 heavy (non-hydrogen) atoms. The van der Waals surface area contributed by atoms with Crippen LogP contribution in [0, 0.1) is 11.8 Å². The lowest BCUT2D eigenvalue weighted by atomic mass is 9.79. The molecule has 3 rings (SSSR count). The van der Waals surface area contributed by atoms with E-state index in [4.69, 9.17) is 9.47 Å². The summed E-state index contributed by atoms with van der Waals surface area (Å²) in [7, 11) is 1.70. The van der Waals surface area contributed by atoms with Crippen LogP contribution in [0.4, 0.5) is 4.79 Å². The molecule has 0 radical (unpaired) electrons. The predicted molar refractivity (Wildman–Crippen MR) is 131 cm³/mol. The van der Waals surface area contributed by atoms with Gasteiger partial charge in [0.2, 0.25) is 17.7 Å². The Hall–Kier alpha value is -3.21. The number of nitrogens with zero attached hydrogens (tertiary/aromatic N) is 2. The second-order valence-corrected chi connectivity index (χ2v) is 10.3. The molecular formula is C25H37N5O6. The van der Waals surface area contributed by atoms with E-state index >= 15 is 0 Å². The van der Waals surface area contributed by atoms with Crippen molar-refractivity contribution in [1.82, 2.24) is 25.8 Å². The van der Waals surface area contributed by atoms with Crippen LogP contribution >= 0.6 is 0 Å². The molecule has 3 N–H and O–H groups in total. The third-order valence-corrected chi connectivity index (χ3v) is 6.27. The van der Waals surface area contributed by atoms with Crippen LogP contribution in [0.1, 0.15) is 51.6 Å². The highest BCUT2D eigenvalue weighted by Gasteiger charge is 2.42. The molecule has 0 aromatic carbocycles. The van der Waals surface area contributed by atoms with Gasteiger partial charge in [0.05, 0.1) is 25.2 Å². The summed E-state index contributed by atoms with van der Waals surface area (Å²) in [5.41, 5.74) is 0.276. The van der Waals surface area contributed by atoms with Gasteiger partial charge in [-0.25, -0.2) is 4.79 Å². The molecule has 1 saturated carbocycles. The van der Waals surface area contributed by atoms with Gasteiger partial charge in [0.1, 0.15) is 5.60 Å². The average molecular weight is 504 g/mol. The lowest BCUT2D eigenvalue weighted by molar-refractivity contribution is -0.129. The summed E-state index contributed by atoms with van der Waals surface area (Å²) in [6.07, 6.45) is 4.18. The van der Waals surface area contributed by atoms with Crippen LogP contribution in [-0.4, -0.2) is 78.7 Å². The number of aromatic nitrogens is 1. The van der Waals surface area contributed by atoms with Crippen molar-refractivity contribution < 1.29 is 28.7 Å². The molecule has 1 aliphatic carbocycles. The fourth-order valence-corrected chi connectivity index (χ4v) is 4.41. The summed E-state index contributed by atoms with van der Waals surface area (Å²) in [5.74, 6) is -0.954. The average Bonchev–Trinajstić information content (AvgIpc) is 3.08. The summed E-state index contributed by atoms with van der Waals surface area (Å²) in [6, 6.07) is 3.26. The first kappa shape index (κ1) is 27.4. The van der Waals surface area contributed by atoms with Gasteiger partial charge in [-0.05, 0) is 45.2 Å². The van der Waals surface area contributed by atoms with E-state index in [1.807, 2.05) is 6.07 Å². The van der Waals surface area contributed by atoms with Gasteiger partial charge >= 0.3 is 6.09 Å². The molecule has 2 aliphatic rings. The number of ether oxygens (including phenoxy) is 2. The minimum atomic E-state index is -0.554. The maximum absolute atomic E-state index is 12.7. The monoisotopic (exact) mass is 503 g/mol. The molecule has 1 aromatic heterocycles. The Balaban J connectivity index is 1.26. The predicted octanol–water partition coefficient (Wildman–Crippen LogP) is 1.15. The zero-order valence-electron chi connectivity index (χ0n) is 21.4. The minimum absolute atomic E-state index is 0.0526. The van der Waals surface area contributed by atoms with Gasteiger partial charge in [-0.1, -0.05) is 6.07 Å². The molecule has 11 nitrogen and oxygen atoms in total. The van der Waals surface area contributed by atoms with Crippen LogP contribution in [0.3, 0.4) is 0 Å². The molecule has 2 fully saturated rings. The second kappa shape index (κ2) is 12.2. The first-order valence-electron chi connectivity index (χ1n) is 12.3. The van der Waals surface area contributed by atoms with Crippen molar-refractivity contribution in [3.8, 4) is 0 Å². The number of carbonyl (C=O) groups excluding carboxylic acids is 4. The van der Waals surface area contributed by atoms with Gasteiger partial charge in [-0.15, -0.1) is 0 Å². The van der Waals surface area contributed by atoms with Crippen LogP contribution in [0.25, 0.3) is 0 Å². The van der Waals surface area contributed by atoms with Crippen molar-refractivity contribution >= 4 is 23.8 Å². The number of carbonyl (C=O) groups is 4. The maximum Gasteiger partial charge on any atom is 0.407 e. The minimum Gasteiger partial charge on any atom is -0.444 e. The first-order chi connectivity index (χ1) is 17.0. The van der Waals surface area contributed by atoms with E-state index in [1.54, 1.807) is 51.2 Å². The SMILES string of the molecule is CN1C(=O)C[C@H](C(=O)NCCOCCNC(=O)C2CC(NC(=O)OC(C)(C)C)C2)[C@H]1c1cccnc1. The summed E-state index contributed by atoms with van der Waals surface area (Å²) in [4.78, 5) is 54.6. The molecular weight excluding hydrogens is 466 g/mol. The number of pyridine rings is 1. The van der Waals surface area contributed by atoms with Crippen molar-refractivity contribution in [3.05, 3.63) is 30.1 Å². The number of alkyl carbamates (subject to hydrolysis) is 1. The Morgan fingerprint density at radius 1 is 1.11 bits per heavy atom. The van der Waals surface area contributed by atoms with Crippen molar-refractivity contribution in [2.24, 2.45) is 11.8 Å². The van der Waals surface area contributed by atoms with E-state index in [9.17, 15) is 19.2 Å². The van der Waals surface area contributed by atoms with Crippen molar-refractivity contribution in [2.75, 3.05) is 33.4 Å². The summed E-state index contributed by atoms with van der Waals surface area (Å²) in [6.45, 7) is 6.68. The number of hydrogen-bond donors (Lipinski definition) is 3. The van der Waals surface area contributed by atoms with Crippen LogP contribution < -0.4 is 16.0 Å². The number of hydrogen-bond acceptors (Lipinski definition) is 7. The number of amides is 4. The standard InChI is InChI=1S/C25H37N5O6/c1-25(2,3)36-24(34)29-18-12-17(13-18)22(32)27-8-10-35-11-9-28-23(33)19-14-20(31)30(4)21(19)16-6-5-7-26-15-16/h5-7,15,17-19,21H,8-14H2,1-4H3,(H,27,32)(H,28,33)(H,29,34)/t17?,18?,19-,21+/m0/s1. The Labute approximate surface area is 211 Å². The van der Waals surface area contributed by atoms with E-state index in [2.05, 4.69) is 20.9 Å². The van der Waals surface area contributed by atoms with Crippen LogP contribution in [0.5, 0.6) is 0 Å². The Bertz CT molecular complexity index is 929. The lowest BCUT2D eigenvalue weighted by Crippen LogP contribution is -2.50. The number of rotatable bonds is 10. The summed E-state index contributed by atoms with van der Waals surface area (Å²) in [5, 5.41) is 8.44. The largest absolute Gasteiger partial charge is 0.444 e. The normalized spacial score (nSPS) is 23.6. The fraction of sp³-hybridized carbons (Fsp3) is 0.640. The van der Waals surface area contributed by atoms with Crippen LogP contribution in [-0.2, 0) is 23.9 Å². The number of nitrogens with one attached hydrogen (secondary N) is 3. The number of likely N-dealkylation sites (tertiary alicyclic amines) is 1. The third-order valence-electron chi connectivity index (χ3n) is 6.27. The molecule has 4 amide bonds. The summed E-state index contributed by atoms with van der Waals surface area (Å²) >= 11 is 0. The zero-order chi connectivity index (χ0) is 26.3. The highest BCUT2D eigenvalue weighted by atomic mass is 16.6. The van der Waals surface area contributed by atoms with E-state index in [0.717, 1.165) is 5.56 Å². The molecule has 0 unspecified atom stereocenters. The van der Waals surface area contributed by atoms with E-state index < -0.39 is 17.6 Å². The zero-order valence-corrected chi connectivity index (χ0v) is 21.4. The van der Waals surface area contributed by atoms with Gasteiger partial charge in [0.25, 0.3) is 0 Å². The topological polar surface area (TPSA) is 139 Å². The van der Waals surface area contributed by atoms with Gasteiger partial charge in [-0.3, -0.25) is 19.4 Å². The Morgan fingerprint density at radius 3 is 2.39 bits per heavy atom. The van der Waals surface area contributed by atoms with Gasteiger partial charge < -0.3 is 30.3 Å². The fourth-order valence-electron chi connectivity index (χ4n) is 4.41. The maximum atomic E-state index is 12.7. The van der Waals surface area contributed by atoms with Gasteiger partial charge in [0.15, 0.2) is 0 Å². The Kier molecular flexibility index (Phi) is 9.25. The molecule has 1 saturated heterocycles. The van der Waals surface area contributed by atoms with Crippen LogP contribution in [0.2, 0.25) is 0 Å². The lowest BCUT2D eigenvalue weighted by Gasteiger charge is -2.35.